The van der Waals surface area contributed by atoms with E-state index < -0.39 is 12.0 Å². The number of rotatable bonds is 7. The summed E-state index contributed by atoms with van der Waals surface area (Å²) >= 11 is 0. The molecular weight excluding hydrogens is 294 g/mol. The van der Waals surface area contributed by atoms with Crippen molar-refractivity contribution in [1.29, 1.82) is 0 Å². The molecule has 0 fully saturated rings. The molecule has 2 atom stereocenters. The lowest BCUT2D eigenvalue weighted by Gasteiger charge is -2.22. The lowest BCUT2D eigenvalue weighted by atomic mass is 10.0. The summed E-state index contributed by atoms with van der Waals surface area (Å²) in [6.07, 6.45) is 1.64. The van der Waals surface area contributed by atoms with Gasteiger partial charge in [-0.3, -0.25) is 10.1 Å². The standard InChI is InChI=1S/C16H21N5O2/c1-10(2)14(15(22)23)18-11(3)13-9-17-16(19-13)21-20-12-7-5-4-6-8-12/h4-11,14,18H,1-3H3,(H,17,19)(H,22,23)/t11?,14-/m0/s1. The van der Waals surface area contributed by atoms with E-state index in [9.17, 15) is 9.90 Å². The Hall–Kier alpha value is -2.54. The molecule has 0 aliphatic heterocycles. The Bertz CT molecular complexity index is 666. The number of carbonyl (C=O) groups is 1. The van der Waals surface area contributed by atoms with E-state index in [1.165, 1.54) is 0 Å². The van der Waals surface area contributed by atoms with Gasteiger partial charge in [-0.05, 0) is 25.0 Å². The summed E-state index contributed by atoms with van der Waals surface area (Å²) in [5.74, 6) is -0.501. The summed E-state index contributed by atoms with van der Waals surface area (Å²) < 4.78 is 0. The predicted octanol–water partition coefficient (Wildman–Crippen LogP) is 3.58. The minimum atomic E-state index is -0.865. The quantitative estimate of drug-likeness (QED) is 0.679. The van der Waals surface area contributed by atoms with E-state index >= 15 is 0 Å². The van der Waals surface area contributed by atoms with Gasteiger partial charge in [0.2, 0.25) is 5.95 Å². The molecule has 1 unspecified atom stereocenters. The number of H-pyrrole nitrogens is 1. The first-order valence-corrected chi connectivity index (χ1v) is 7.48. The van der Waals surface area contributed by atoms with Crippen molar-refractivity contribution < 1.29 is 9.90 Å². The summed E-state index contributed by atoms with van der Waals surface area (Å²) in [4.78, 5) is 18.4. The number of carboxylic acids is 1. The Balaban J connectivity index is 2.03. The summed E-state index contributed by atoms with van der Waals surface area (Å²) in [7, 11) is 0. The van der Waals surface area contributed by atoms with Crippen molar-refractivity contribution in [1.82, 2.24) is 15.3 Å². The molecule has 2 rings (SSSR count). The largest absolute Gasteiger partial charge is 0.480 e. The van der Waals surface area contributed by atoms with Gasteiger partial charge in [-0.2, -0.15) is 0 Å². The molecular formula is C16H21N5O2. The van der Waals surface area contributed by atoms with Crippen LogP contribution in [0.3, 0.4) is 0 Å². The van der Waals surface area contributed by atoms with E-state index in [0.29, 0.717) is 5.95 Å². The van der Waals surface area contributed by atoms with Crippen molar-refractivity contribution in [2.75, 3.05) is 0 Å². The van der Waals surface area contributed by atoms with Gasteiger partial charge in [-0.25, -0.2) is 4.98 Å². The number of aliphatic carboxylic acids is 1. The summed E-state index contributed by atoms with van der Waals surface area (Å²) in [6.45, 7) is 5.61. The molecule has 1 heterocycles. The molecule has 23 heavy (non-hydrogen) atoms. The van der Waals surface area contributed by atoms with Crippen LogP contribution in [0.4, 0.5) is 11.6 Å². The summed E-state index contributed by atoms with van der Waals surface area (Å²) in [6, 6.07) is 8.55. The van der Waals surface area contributed by atoms with Gasteiger partial charge in [-0.1, -0.05) is 32.0 Å². The van der Waals surface area contributed by atoms with Gasteiger partial charge in [0, 0.05) is 6.04 Å². The minimum absolute atomic E-state index is 0.0184. The van der Waals surface area contributed by atoms with Crippen molar-refractivity contribution in [3.05, 3.63) is 42.2 Å². The maximum atomic E-state index is 11.3. The van der Waals surface area contributed by atoms with E-state index in [2.05, 4.69) is 25.5 Å². The Labute approximate surface area is 134 Å². The Kier molecular flexibility index (Phi) is 5.59. The maximum Gasteiger partial charge on any atom is 0.320 e. The van der Waals surface area contributed by atoms with Crippen LogP contribution >= 0.6 is 0 Å². The lowest BCUT2D eigenvalue weighted by Crippen LogP contribution is -2.42. The highest BCUT2D eigenvalue weighted by Gasteiger charge is 2.24. The predicted molar refractivity (Wildman–Crippen MR) is 87.0 cm³/mol. The molecule has 0 amide bonds. The molecule has 3 N–H and O–H groups in total. The van der Waals surface area contributed by atoms with Gasteiger partial charge in [0.15, 0.2) is 0 Å². The van der Waals surface area contributed by atoms with Crippen LogP contribution in [0.1, 0.15) is 32.5 Å². The molecule has 7 nitrogen and oxygen atoms in total. The zero-order valence-electron chi connectivity index (χ0n) is 13.4. The van der Waals surface area contributed by atoms with E-state index in [1.807, 2.05) is 51.1 Å². The number of nitrogens with one attached hydrogen (secondary N) is 2. The molecule has 0 aliphatic carbocycles. The number of azo groups is 1. The average molecular weight is 315 g/mol. The third-order valence-electron chi connectivity index (χ3n) is 3.43. The molecule has 2 aromatic rings. The molecule has 7 heteroatoms. The smallest absolute Gasteiger partial charge is 0.320 e. The molecule has 1 aromatic heterocycles. The number of carboxylic acid groups (broad SMARTS) is 1. The van der Waals surface area contributed by atoms with E-state index in [-0.39, 0.29) is 12.0 Å². The lowest BCUT2D eigenvalue weighted by molar-refractivity contribution is -0.140. The monoisotopic (exact) mass is 315 g/mol. The SMILES string of the molecule is CC(N[C@H](C(=O)O)C(C)C)c1cnc(N=Nc2ccccc2)[nH]1. The van der Waals surface area contributed by atoms with Gasteiger partial charge < -0.3 is 10.1 Å². The number of hydrogen-bond acceptors (Lipinski definition) is 5. The van der Waals surface area contributed by atoms with Crippen molar-refractivity contribution >= 4 is 17.6 Å². The number of benzene rings is 1. The number of aromatic nitrogens is 2. The second-order valence-corrected chi connectivity index (χ2v) is 5.65. The highest BCUT2D eigenvalue weighted by Crippen LogP contribution is 2.18. The van der Waals surface area contributed by atoms with Gasteiger partial charge in [-0.15, -0.1) is 10.2 Å². The second kappa shape index (κ2) is 7.64. The van der Waals surface area contributed by atoms with E-state index in [4.69, 9.17) is 0 Å². The van der Waals surface area contributed by atoms with Gasteiger partial charge in [0.1, 0.15) is 6.04 Å². The molecule has 0 bridgehead atoms. The Morgan fingerprint density at radius 3 is 2.52 bits per heavy atom. The van der Waals surface area contributed by atoms with E-state index in [1.54, 1.807) is 6.20 Å². The first kappa shape index (κ1) is 16.8. The fourth-order valence-electron chi connectivity index (χ4n) is 2.10. The van der Waals surface area contributed by atoms with Crippen LogP contribution in [0.25, 0.3) is 0 Å². The maximum absolute atomic E-state index is 11.3. The van der Waals surface area contributed by atoms with Crippen molar-refractivity contribution in [3.8, 4) is 0 Å². The first-order valence-electron chi connectivity index (χ1n) is 7.48. The molecule has 1 aromatic carbocycles. The zero-order chi connectivity index (χ0) is 16.8. The fourth-order valence-corrected chi connectivity index (χ4v) is 2.10. The highest BCUT2D eigenvalue weighted by molar-refractivity contribution is 5.73. The Morgan fingerprint density at radius 1 is 1.22 bits per heavy atom. The Morgan fingerprint density at radius 2 is 1.91 bits per heavy atom. The second-order valence-electron chi connectivity index (χ2n) is 5.65. The molecule has 0 aliphatic rings. The normalized spacial score (nSPS) is 14.3. The van der Waals surface area contributed by atoms with Crippen molar-refractivity contribution in [3.63, 3.8) is 0 Å². The van der Waals surface area contributed by atoms with Gasteiger partial charge in [0.25, 0.3) is 0 Å². The van der Waals surface area contributed by atoms with Crippen LogP contribution in [0.5, 0.6) is 0 Å². The number of nitrogens with zero attached hydrogens (tertiary/aromatic N) is 3. The van der Waals surface area contributed by atoms with Gasteiger partial charge >= 0.3 is 5.97 Å². The van der Waals surface area contributed by atoms with Crippen molar-refractivity contribution in [2.45, 2.75) is 32.9 Å². The molecule has 0 spiro atoms. The summed E-state index contributed by atoms with van der Waals surface area (Å²) in [5.41, 5.74) is 1.50. The number of hydrogen-bond donors (Lipinski definition) is 3. The fraction of sp³-hybridized carbons (Fsp3) is 0.375. The first-order chi connectivity index (χ1) is 11.0. The molecule has 0 saturated carbocycles. The van der Waals surface area contributed by atoms with Crippen LogP contribution in [0.15, 0.2) is 46.8 Å². The topological polar surface area (TPSA) is 103 Å². The highest BCUT2D eigenvalue weighted by atomic mass is 16.4. The zero-order valence-corrected chi connectivity index (χ0v) is 13.4. The molecule has 122 valence electrons. The van der Waals surface area contributed by atoms with Gasteiger partial charge in [0.05, 0.1) is 17.6 Å². The van der Waals surface area contributed by atoms with Crippen LogP contribution in [0, 0.1) is 5.92 Å². The van der Waals surface area contributed by atoms with Crippen LogP contribution in [-0.4, -0.2) is 27.1 Å². The van der Waals surface area contributed by atoms with Crippen LogP contribution in [-0.2, 0) is 4.79 Å². The average Bonchev–Trinajstić information content (AvgIpc) is 3.00. The number of imidazole rings is 1. The van der Waals surface area contributed by atoms with E-state index in [0.717, 1.165) is 11.4 Å². The van der Waals surface area contributed by atoms with Crippen LogP contribution < -0.4 is 5.32 Å². The third-order valence-corrected chi connectivity index (χ3v) is 3.43. The molecule has 0 saturated heterocycles. The summed E-state index contributed by atoms with van der Waals surface area (Å²) in [5, 5.41) is 20.4. The molecule has 0 radical (unpaired) electrons. The number of aromatic amines is 1. The minimum Gasteiger partial charge on any atom is -0.480 e. The van der Waals surface area contributed by atoms with Crippen LogP contribution in [0.2, 0.25) is 0 Å². The third kappa shape index (κ3) is 4.72. The van der Waals surface area contributed by atoms with Crippen molar-refractivity contribution in [2.24, 2.45) is 16.1 Å².